The molecule has 0 radical (unpaired) electrons. The molecule has 1 aliphatic rings. The molecule has 2 aromatic rings. The fraction of sp³-hybridized carbons (Fsp3) is 0.412. The number of hydrogen-bond acceptors (Lipinski definition) is 7. The van der Waals surface area contributed by atoms with Crippen LogP contribution in [0.2, 0.25) is 0 Å². The average Bonchev–Trinajstić information content (AvgIpc) is 2.92. The van der Waals surface area contributed by atoms with Gasteiger partial charge in [-0.25, -0.2) is 4.79 Å². The number of aliphatic hydroxyl groups excluding tert-OH is 3. The number of aromatic nitrogens is 2. The molecule has 1 aromatic heterocycles. The Morgan fingerprint density at radius 2 is 1.85 bits per heavy atom. The van der Waals surface area contributed by atoms with Gasteiger partial charge in [-0.05, 0) is 5.56 Å². The Morgan fingerprint density at radius 3 is 2.50 bits per heavy atom. The molecule has 9 heteroatoms. The minimum Gasteiger partial charge on any atom is -0.394 e. The first-order chi connectivity index (χ1) is 12.5. The molecule has 1 aliphatic heterocycles. The molecule has 26 heavy (non-hydrogen) atoms. The fourth-order valence-electron chi connectivity index (χ4n) is 2.78. The van der Waals surface area contributed by atoms with Crippen LogP contribution in [0, 0.1) is 0 Å². The topological polar surface area (TPSA) is 134 Å². The lowest BCUT2D eigenvalue weighted by Gasteiger charge is -2.18. The molecule has 1 fully saturated rings. The second-order valence-electron chi connectivity index (χ2n) is 6.03. The number of aromatic amines is 1. The van der Waals surface area contributed by atoms with Crippen LogP contribution in [0.1, 0.15) is 17.4 Å². The van der Waals surface area contributed by atoms with Crippen LogP contribution in [-0.2, 0) is 22.7 Å². The largest absolute Gasteiger partial charge is 0.394 e. The van der Waals surface area contributed by atoms with Gasteiger partial charge in [0.25, 0.3) is 5.56 Å². The maximum absolute atomic E-state index is 12.1. The van der Waals surface area contributed by atoms with Crippen molar-refractivity contribution in [2.24, 2.45) is 0 Å². The van der Waals surface area contributed by atoms with Gasteiger partial charge in [0, 0.05) is 6.20 Å². The summed E-state index contributed by atoms with van der Waals surface area (Å²) in [6.45, 7) is -0.285. The van der Waals surface area contributed by atoms with Gasteiger partial charge >= 0.3 is 5.69 Å². The first-order valence-electron chi connectivity index (χ1n) is 8.09. The Bertz CT molecular complexity index is 848. The van der Waals surface area contributed by atoms with Gasteiger partial charge in [0.05, 0.1) is 25.4 Å². The van der Waals surface area contributed by atoms with Crippen LogP contribution in [-0.4, -0.2) is 49.8 Å². The minimum absolute atomic E-state index is 0.0562. The summed E-state index contributed by atoms with van der Waals surface area (Å²) in [5, 5.41) is 29.0. The van der Waals surface area contributed by atoms with Crippen LogP contribution in [0.3, 0.4) is 0 Å². The van der Waals surface area contributed by atoms with Gasteiger partial charge < -0.3 is 24.8 Å². The summed E-state index contributed by atoms with van der Waals surface area (Å²) in [7, 11) is 0. The number of benzene rings is 1. The molecule has 140 valence electrons. The van der Waals surface area contributed by atoms with Crippen molar-refractivity contribution >= 4 is 0 Å². The number of aliphatic hydroxyl groups is 3. The first-order valence-corrected chi connectivity index (χ1v) is 8.09. The number of nitrogens with one attached hydrogen (secondary N) is 1. The average molecular weight is 364 g/mol. The molecule has 0 spiro atoms. The summed E-state index contributed by atoms with van der Waals surface area (Å²) in [5.41, 5.74) is -0.304. The van der Waals surface area contributed by atoms with Crippen molar-refractivity contribution in [2.75, 3.05) is 6.61 Å². The Kier molecular flexibility index (Phi) is 5.64. The number of ether oxygens (including phenoxy) is 2. The summed E-state index contributed by atoms with van der Waals surface area (Å²) in [6.07, 6.45) is -3.78. The van der Waals surface area contributed by atoms with Gasteiger partial charge in [-0.15, -0.1) is 0 Å². The van der Waals surface area contributed by atoms with E-state index in [-0.39, 0.29) is 18.8 Å². The Labute approximate surface area is 148 Å². The maximum atomic E-state index is 12.1. The van der Waals surface area contributed by atoms with Crippen LogP contribution in [0.5, 0.6) is 0 Å². The summed E-state index contributed by atoms with van der Waals surface area (Å²) >= 11 is 0. The predicted octanol–water partition coefficient (Wildman–Crippen LogP) is -1.14. The van der Waals surface area contributed by atoms with Crippen molar-refractivity contribution in [3.8, 4) is 0 Å². The third kappa shape index (κ3) is 3.76. The van der Waals surface area contributed by atoms with E-state index in [2.05, 4.69) is 4.98 Å². The van der Waals surface area contributed by atoms with Gasteiger partial charge in [-0.1, -0.05) is 30.3 Å². The highest BCUT2D eigenvalue weighted by molar-refractivity contribution is 5.13. The van der Waals surface area contributed by atoms with Crippen LogP contribution in [0.25, 0.3) is 0 Å². The first kappa shape index (κ1) is 18.5. The van der Waals surface area contributed by atoms with Crippen molar-refractivity contribution in [2.45, 2.75) is 37.8 Å². The number of rotatable bonds is 6. The molecule has 0 saturated carbocycles. The third-order valence-corrected chi connectivity index (χ3v) is 4.20. The van der Waals surface area contributed by atoms with Gasteiger partial charge in [0.1, 0.15) is 18.3 Å². The fourth-order valence-corrected chi connectivity index (χ4v) is 2.78. The summed E-state index contributed by atoms with van der Waals surface area (Å²) in [4.78, 5) is 26.2. The van der Waals surface area contributed by atoms with Gasteiger partial charge in [0.2, 0.25) is 0 Å². The van der Waals surface area contributed by atoms with Crippen LogP contribution < -0.4 is 11.2 Å². The monoisotopic (exact) mass is 364 g/mol. The van der Waals surface area contributed by atoms with E-state index in [4.69, 9.17) is 14.6 Å². The highest BCUT2D eigenvalue weighted by atomic mass is 16.6. The second-order valence-corrected chi connectivity index (χ2v) is 6.03. The third-order valence-electron chi connectivity index (χ3n) is 4.20. The van der Waals surface area contributed by atoms with Crippen LogP contribution in [0.15, 0.2) is 46.1 Å². The Balaban J connectivity index is 1.77. The van der Waals surface area contributed by atoms with E-state index >= 15 is 0 Å². The number of H-pyrrole nitrogens is 1. The zero-order chi connectivity index (χ0) is 18.7. The Morgan fingerprint density at radius 1 is 1.12 bits per heavy atom. The van der Waals surface area contributed by atoms with E-state index in [1.807, 2.05) is 30.3 Å². The zero-order valence-corrected chi connectivity index (χ0v) is 13.8. The van der Waals surface area contributed by atoms with Gasteiger partial charge in [0.15, 0.2) is 6.23 Å². The molecular formula is C17H20N2O7. The summed E-state index contributed by atoms with van der Waals surface area (Å²) in [5.74, 6) is 0. The molecule has 1 saturated heterocycles. The van der Waals surface area contributed by atoms with Crippen molar-refractivity contribution in [1.82, 2.24) is 9.55 Å². The van der Waals surface area contributed by atoms with E-state index in [0.717, 1.165) is 10.1 Å². The molecular weight excluding hydrogens is 344 g/mol. The van der Waals surface area contributed by atoms with E-state index in [0.29, 0.717) is 0 Å². The highest BCUT2D eigenvalue weighted by Gasteiger charge is 2.43. The lowest BCUT2D eigenvalue weighted by atomic mass is 10.1. The Hall–Kier alpha value is -2.30. The SMILES string of the molecule is O=c1[nH]c(=O)n([C@H]2O[C@@H](CO)C(O)C2O)cc1COCc1ccccc1. The quantitative estimate of drug-likeness (QED) is 0.509. The van der Waals surface area contributed by atoms with E-state index < -0.39 is 42.4 Å². The van der Waals surface area contributed by atoms with Crippen LogP contribution in [0.4, 0.5) is 0 Å². The second kappa shape index (κ2) is 7.94. The molecule has 0 aliphatic carbocycles. The lowest BCUT2D eigenvalue weighted by Crippen LogP contribution is -2.39. The molecule has 3 rings (SSSR count). The molecule has 4 N–H and O–H groups in total. The van der Waals surface area contributed by atoms with Crippen molar-refractivity contribution in [3.63, 3.8) is 0 Å². The van der Waals surface area contributed by atoms with Gasteiger partial charge in [-0.2, -0.15) is 0 Å². The van der Waals surface area contributed by atoms with Crippen molar-refractivity contribution in [3.05, 3.63) is 68.5 Å². The molecule has 1 aromatic carbocycles. The maximum Gasteiger partial charge on any atom is 0.330 e. The summed E-state index contributed by atoms with van der Waals surface area (Å²) in [6, 6.07) is 9.38. The number of nitrogens with zero attached hydrogens (tertiary/aromatic N) is 1. The van der Waals surface area contributed by atoms with E-state index in [1.165, 1.54) is 6.20 Å². The number of hydrogen-bond donors (Lipinski definition) is 4. The molecule has 2 heterocycles. The standard InChI is InChI=1S/C17H20N2O7/c20-7-12-13(21)14(22)16(26-12)19-6-11(15(23)18-17(19)24)9-25-8-10-4-2-1-3-5-10/h1-6,12-14,16,20-22H,7-9H2,(H,18,23,24)/t12-,13?,14?,16-/m0/s1. The molecule has 2 unspecified atom stereocenters. The van der Waals surface area contributed by atoms with Gasteiger partial charge in [-0.3, -0.25) is 14.3 Å². The van der Waals surface area contributed by atoms with Crippen molar-refractivity contribution in [1.29, 1.82) is 0 Å². The van der Waals surface area contributed by atoms with E-state index in [1.54, 1.807) is 0 Å². The normalized spacial score (nSPS) is 25.5. The smallest absolute Gasteiger partial charge is 0.330 e. The molecule has 4 atom stereocenters. The molecule has 9 nitrogen and oxygen atoms in total. The minimum atomic E-state index is -1.42. The van der Waals surface area contributed by atoms with Crippen molar-refractivity contribution < 1.29 is 24.8 Å². The predicted molar refractivity (Wildman–Crippen MR) is 89.3 cm³/mol. The highest BCUT2D eigenvalue weighted by Crippen LogP contribution is 2.28. The van der Waals surface area contributed by atoms with E-state index in [9.17, 15) is 19.8 Å². The summed E-state index contributed by atoms with van der Waals surface area (Å²) < 4.78 is 11.8. The zero-order valence-electron chi connectivity index (χ0n) is 13.8. The molecule has 0 amide bonds. The molecule has 0 bridgehead atoms. The van der Waals surface area contributed by atoms with Crippen LogP contribution >= 0.6 is 0 Å². The lowest BCUT2D eigenvalue weighted by molar-refractivity contribution is -0.0553.